The number of hydrogen-bond acceptors (Lipinski definition) is 7. The number of carbonyl (C=O) groups excluding carboxylic acids is 4. The summed E-state index contributed by atoms with van der Waals surface area (Å²) in [5, 5.41) is 2.04. The van der Waals surface area contributed by atoms with Crippen LogP contribution in [-0.4, -0.2) is 47.7 Å². The molecule has 2 aromatic rings. The quantitative estimate of drug-likeness (QED) is 0.478. The molecule has 0 aliphatic carbocycles. The number of rotatable bonds is 8. The third kappa shape index (κ3) is 6.17. The Morgan fingerprint density at radius 2 is 1.78 bits per heavy atom. The summed E-state index contributed by atoms with van der Waals surface area (Å²) < 4.78 is 23.1. The highest BCUT2D eigenvalue weighted by Gasteiger charge is 2.36. The highest BCUT2D eigenvalue weighted by atomic mass is 32.2. The molecule has 166 valence electrons. The average molecular weight is 458 g/mol. The van der Waals surface area contributed by atoms with Crippen LogP contribution in [0.15, 0.2) is 53.4 Å². The molecule has 8 nitrogen and oxygen atoms in total. The summed E-state index contributed by atoms with van der Waals surface area (Å²) in [6.45, 7) is 1.12. The highest BCUT2D eigenvalue weighted by Crippen LogP contribution is 2.32. The molecule has 1 N–H and O–H groups in total. The van der Waals surface area contributed by atoms with Crippen LogP contribution in [0.5, 0.6) is 5.75 Å². The number of carbonyl (C=O) groups is 4. The molecule has 10 heteroatoms. The monoisotopic (exact) mass is 458 g/mol. The van der Waals surface area contributed by atoms with Gasteiger partial charge in [-0.15, -0.1) is 0 Å². The smallest absolute Gasteiger partial charge is 0.326 e. The summed E-state index contributed by atoms with van der Waals surface area (Å²) in [7, 11) is 0. The number of hydrogen-bond donors (Lipinski definition) is 1. The lowest BCUT2D eigenvalue weighted by Crippen LogP contribution is -2.34. The van der Waals surface area contributed by atoms with Crippen molar-refractivity contribution in [1.29, 1.82) is 0 Å². The first-order chi connectivity index (χ1) is 15.4. The SMILES string of the molecule is CCOC(=O)CN1C(=O)S/C(=C/c2ccc(OCC(=O)Nc3ccc(F)cc3)cc2)C1=O. The lowest BCUT2D eigenvalue weighted by molar-refractivity contribution is -0.146. The highest BCUT2D eigenvalue weighted by molar-refractivity contribution is 8.18. The van der Waals surface area contributed by atoms with Crippen LogP contribution in [0.4, 0.5) is 14.9 Å². The van der Waals surface area contributed by atoms with E-state index in [2.05, 4.69) is 5.32 Å². The van der Waals surface area contributed by atoms with E-state index in [9.17, 15) is 23.6 Å². The van der Waals surface area contributed by atoms with E-state index >= 15 is 0 Å². The summed E-state index contributed by atoms with van der Waals surface area (Å²) in [5.41, 5.74) is 1.09. The molecule has 1 saturated heterocycles. The second kappa shape index (κ2) is 10.6. The van der Waals surface area contributed by atoms with Gasteiger partial charge in [0.1, 0.15) is 18.1 Å². The van der Waals surface area contributed by atoms with E-state index in [0.717, 1.165) is 16.7 Å². The number of halogens is 1. The molecule has 2 aromatic carbocycles. The number of thioether (sulfide) groups is 1. The van der Waals surface area contributed by atoms with Gasteiger partial charge < -0.3 is 14.8 Å². The molecule has 0 spiro atoms. The molecule has 0 saturated carbocycles. The van der Waals surface area contributed by atoms with Crippen molar-refractivity contribution in [3.8, 4) is 5.75 Å². The van der Waals surface area contributed by atoms with Crippen LogP contribution < -0.4 is 10.1 Å². The fourth-order valence-corrected chi connectivity index (χ4v) is 3.50. The van der Waals surface area contributed by atoms with E-state index in [-0.39, 0.29) is 18.1 Å². The van der Waals surface area contributed by atoms with Gasteiger partial charge in [-0.25, -0.2) is 4.39 Å². The summed E-state index contributed by atoms with van der Waals surface area (Å²) in [5.74, 6) is -1.60. The molecule has 0 aromatic heterocycles. The molecule has 1 aliphatic rings. The van der Waals surface area contributed by atoms with Crippen LogP contribution in [0.25, 0.3) is 6.08 Å². The molecule has 3 amide bonds. The normalized spacial score (nSPS) is 14.6. The maximum atomic E-state index is 12.9. The minimum absolute atomic E-state index is 0.160. The summed E-state index contributed by atoms with van der Waals surface area (Å²) in [6, 6.07) is 11.9. The van der Waals surface area contributed by atoms with E-state index in [0.29, 0.717) is 17.0 Å². The number of esters is 1. The van der Waals surface area contributed by atoms with Crippen LogP contribution >= 0.6 is 11.8 Å². The first-order valence-corrected chi connectivity index (χ1v) is 10.4. The number of amides is 3. The molecule has 0 bridgehead atoms. The van der Waals surface area contributed by atoms with Crippen molar-refractivity contribution in [3.63, 3.8) is 0 Å². The number of anilines is 1. The second-order valence-electron chi connectivity index (χ2n) is 6.49. The Morgan fingerprint density at radius 1 is 1.09 bits per heavy atom. The van der Waals surface area contributed by atoms with Crippen molar-refractivity contribution >= 4 is 46.5 Å². The largest absolute Gasteiger partial charge is 0.484 e. The van der Waals surface area contributed by atoms with E-state index in [1.807, 2.05) is 0 Å². The summed E-state index contributed by atoms with van der Waals surface area (Å²) in [6.07, 6.45) is 1.53. The van der Waals surface area contributed by atoms with Gasteiger partial charge >= 0.3 is 5.97 Å². The lowest BCUT2D eigenvalue weighted by atomic mass is 10.2. The summed E-state index contributed by atoms with van der Waals surface area (Å²) >= 11 is 0.740. The summed E-state index contributed by atoms with van der Waals surface area (Å²) in [4.78, 5) is 48.9. The molecule has 1 aliphatic heterocycles. The molecule has 32 heavy (non-hydrogen) atoms. The number of benzene rings is 2. The third-order valence-electron chi connectivity index (χ3n) is 4.14. The van der Waals surface area contributed by atoms with Crippen LogP contribution in [-0.2, 0) is 19.1 Å². The number of imide groups is 1. The van der Waals surface area contributed by atoms with Gasteiger partial charge in [0, 0.05) is 5.69 Å². The molecule has 0 atom stereocenters. The zero-order valence-corrected chi connectivity index (χ0v) is 17.8. The number of ether oxygens (including phenoxy) is 2. The zero-order chi connectivity index (χ0) is 23.1. The van der Waals surface area contributed by atoms with Gasteiger partial charge in [-0.2, -0.15) is 0 Å². The first kappa shape index (κ1) is 23.0. The fraction of sp³-hybridized carbons (Fsp3) is 0.182. The predicted molar refractivity (Wildman–Crippen MR) is 116 cm³/mol. The Morgan fingerprint density at radius 3 is 2.44 bits per heavy atom. The Balaban J connectivity index is 1.55. The zero-order valence-electron chi connectivity index (χ0n) is 17.0. The maximum absolute atomic E-state index is 12.9. The Hall–Kier alpha value is -3.66. The predicted octanol–water partition coefficient (Wildman–Crippen LogP) is 3.44. The minimum Gasteiger partial charge on any atom is -0.484 e. The Kier molecular flexibility index (Phi) is 7.61. The molecule has 0 unspecified atom stereocenters. The van der Waals surface area contributed by atoms with Crippen molar-refractivity contribution in [2.75, 3.05) is 25.1 Å². The standard InChI is InChI=1S/C22H19FN2O6S/c1-2-30-20(27)12-25-21(28)18(32-22(25)29)11-14-3-9-17(10-4-14)31-13-19(26)24-16-7-5-15(23)6-8-16/h3-11H,2,12-13H2,1H3,(H,24,26)/b18-11+. The molecule has 0 radical (unpaired) electrons. The van der Waals surface area contributed by atoms with Crippen molar-refractivity contribution in [2.24, 2.45) is 0 Å². The van der Waals surface area contributed by atoms with Crippen LogP contribution in [0.1, 0.15) is 12.5 Å². The van der Waals surface area contributed by atoms with Crippen molar-refractivity contribution in [2.45, 2.75) is 6.92 Å². The van der Waals surface area contributed by atoms with Gasteiger partial charge in [0.15, 0.2) is 6.61 Å². The van der Waals surface area contributed by atoms with Gasteiger partial charge in [0.25, 0.3) is 17.1 Å². The van der Waals surface area contributed by atoms with E-state index in [1.54, 1.807) is 31.2 Å². The maximum Gasteiger partial charge on any atom is 0.326 e. The van der Waals surface area contributed by atoms with Gasteiger partial charge in [0.05, 0.1) is 11.5 Å². The van der Waals surface area contributed by atoms with E-state index in [4.69, 9.17) is 9.47 Å². The van der Waals surface area contributed by atoms with Crippen LogP contribution in [0, 0.1) is 5.82 Å². The average Bonchev–Trinajstić information content (AvgIpc) is 3.02. The molecule has 3 rings (SSSR count). The van der Waals surface area contributed by atoms with Crippen molar-refractivity contribution in [1.82, 2.24) is 4.90 Å². The molecular formula is C22H19FN2O6S. The third-order valence-corrected chi connectivity index (χ3v) is 5.05. The van der Waals surface area contributed by atoms with Crippen LogP contribution in [0.3, 0.4) is 0 Å². The van der Waals surface area contributed by atoms with E-state index in [1.165, 1.54) is 30.3 Å². The fourth-order valence-electron chi connectivity index (χ4n) is 2.66. The van der Waals surface area contributed by atoms with Crippen LogP contribution in [0.2, 0.25) is 0 Å². The van der Waals surface area contributed by atoms with E-state index < -0.39 is 35.4 Å². The van der Waals surface area contributed by atoms with Gasteiger partial charge in [-0.1, -0.05) is 12.1 Å². The molecule has 1 heterocycles. The van der Waals surface area contributed by atoms with Gasteiger partial charge in [-0.3, -0.25) is 24.1 Å². The van der Waals surface area contributed by atoms with Gasteiger partial charge in [0.2, 0.25) is 0 Å². The number of nitrogens with zero attached hydrogens (tertiary/aromatic N) is 1. The lowest BCUT2D eigenvalue weighted by Gasteiger charge is -2.10. The minimum atomic E-state index is -0.652. The topological polar surface area (TPSA) is 102 Å². The molecule has 1 fully saturated rings. The van der Waals surface area contributed by atoms with Gasteiger partial charge in [-0.05, 0) is 66.7 Å². The Labute approximate surface area is 187 Å². The second-order valence-corrected chi connectivity index (χ2v) is 7.48. The van der Waals surface area contributed by atoms with Crippen molar-refractivity contribution in [3.05, 3.63) is 64.8 Å². The molecular weight excluding hydrogens is 439 g/mol. The number of nitrogens with one attached hydrogen (secondary N) is 1. The first-order valence-electron chi connectivity index (χ1n) is 9.55. The Bertz CT molecular complexity index is 1050. The van der Waals surface area contributed by atoms with Crippen molar-refractivity contribution < 1.29 is 33.0 Å².